The van der Waals surface area contributed by atoms with Gasteiger partial charge in [0.25, 0.3) is 0 Å². The number of rotatable bonds is 11. The van der Waals surface area contributed by atoms with Gasteiger partial charge >= 0.3 is 6.18 Å². The van der Waals surface area contributed by atoms with Crippen molar-refractivity contribution in [2.75, 3.05) is 17.7 Å². The summed E-state index contributed by atoms with van der Waals surface area (Å²) in [7, 11) is 0. The Morgan fingerprint density at radius 3 is 2.23 bits per heavy atom. The fraction of sp³-hybridized carbons (Fsp3) is 0.435. The number of nitrogen functional groups attached to an aromatic ring is 1. The first-order valence-corrected chi connectivity index (χ1v) is 10.2. The van der Waals surface area contributed by atoms with E-state index in [1.165, 1.54) is 12.1 Å². The fourth-order valence-electron chi connectivity index (χ4n) is 3.15. The molecule has 0 aliphatic carbocycles. The highest BCUT2D eigenvalue weighted by atomic mass is 19.4. The molecule has 3 N–H and O–H groups in total. The lowest BCUT2D eigenvalue weighted by atomic mass is 10.0. The quantitative estimate of drug-likeness (QED) is 0.245. The molecule has 2 aromatic rings. The SMILES string of the molecule is Nc1cc(CCc2ccc(C(F)(F)F)cc2)ccc1NC(=O)CCCCC[C@H](F)CF. The maximum Gasteiger partial charge on any atom is 0.416 e. The highest BCUT2D eigenvalue weighted by molar-refractivity contribution is 5.93. The summed E-state index contributed by atoms with van der Waals surface area (Å²) in [6.45, 7) is -0.972. The minimum absolute atomic E-state index is 0.166. The Morgan fingerprint density at radius 2 is 1.61 bits per heavy atom. The van der Waals surface area contributed by atoms with Crippen LogP contribution >= 0.6 is 0 Å². The van der Waals surface area contributed by atoms with Crippen molar-refractivity contribution in [3.63, 3.8) is 0 Å². The fourth-order valence-corrected chi connectivity index (χ4v) is 3.15. The van der Waals surface area contributed by atoms with Crippen LogP contribution in [0.1, 0.15) is 48.8 Å². The summed E-state index contributed by atoms with van der Waals surface area (Å²) in [4.78, 5) is 12.0. The Hall–Kier alpha value is -2.64. The van der Waals surface area contributed by atoms with Crippen molar-refractivity contribution >= 4 is 17.3 Å². The van der Waals surface area contributed by atoms with Crippen LogP contribution in [0, 0.1) is 0 Å². The van der Waals surface area contributed by atoms with E-state index in [0.717, 1.165) is 23.3 Å². The summed E-state index contributed by atoms with van der Waals surface area (Å²) < 4.78 is 62.7. The lowest BCUT2D eigenvalue weighted by Crippen LogP contribution is -2.13. The van der Waals surface area contributed by atoms with Gasteiger partial charge in [-0.05, 0) is 61.1 Å². The Labute approximate surface area is 178 Å². The Kier molecular flexibility index (Phi) is 9.27. The number of halogens is 5. The molecule has 0 radical (unpaired) electrons. The average Bonchev–Trinajstić information content (AvgIpc) is 2.73. The molecular weight excluding hydrogens is 415 g/mol. The molecule has 1 amide bonds. The molecule has 1 atom stereocenters. The molecule has 31 heavy (non-hydrogen) atoms. The van der Waals surface area contributed by atoms with Crippen LogP contribution in [0.25, 0.3) is 0 Å². The number of amides is 1. The van der Waals surface area contributed by atoms with Gasteiger partial charge in [0.15, 0.2) is 0 Å². The van der Waals surface area contributed by atoms with Crippen LogP contribution in [0.3, 0.4) is 0 Å². The highest BCUT2D eigenvalue weighted by Gasteiger charge is 2.29. The Bertz CT molecular complexity index is 837. The third-order valence-electron chi connectivity index (χ3n) is 4.96. The predicted octanol–water partition coefficient (Wildman–Crippen LogP) is 6.27. The number of hydrogen-bond acceptors (Lipinski definition) is 2. The average molecular weight is 442 g/mol. The number of anilines is 2. The van der Waals surface area contributed by atoms with Crippen molar-refractivity contribution in [3.8, 4) is 0 Å². The standard InChI is InChI=1S/C23H27F5N2O/c24-15-19(25)4-2-1-3-5-22(31)30-21-13-10-17(14-20(21)29)7-6-16-8-11-18(12-9-16)23(26,27)28/h8-14,19H,1-7,15,29H2,(H,30,31)/t19-/m0/s1. The molecule has 2 rings (SSSR count). The number of nitrogens with one attached hydrogen (secondary N) is 1. The topological polar surface area (TPSA) is 55.1 Å². The number of carbonyl (C=O) groups excluding carboxylic acids is 1. The number of benzene rings is 2. The summed E-state index contributed by atoms with van der Waals surface area (Å²) in [6.07, 6.45) is -2.42. The summed E-state index contributed by atoms with van der Waals surface area (Å²) in [5.74, 6) is -0.202. The zero-order valence-corrected chi connectivity index (χ0v) is 17.2. The first kappa shape index (κ1) is 24.6. The largest absolute Gasteiger partial charge is 0.416 e. The third-order valence-corrected chi connectivity index (χ3v) is 4.96. The van der Waals surface area contributed by atoms with Crippen molar-refractivity contribution in [1.29, 1.82) is 0 Å². The monoisotopic (exact) mass is 442 g/mol. The van der Waals surface area contributed by atoms with Gasteiger partial charge in [0.05, 0.1) is 16.9 Å². The number of nitrogens with two attached hydrogens (primary N) is 1. The van der Waals surface area contributed by atoms with Crippen molar-refractivity contribution in [1.82, 2.24) is 0 Å². The smallest absolute Gasteiger partial charge is 0.397 e. The van der Waals surface area contributed by atoms with Gasteiger partial charge in [-0.1, -0.05) is 31.0 Å². The van der Waals surface area contributed by atoms with E-state index in [-0.39, 0.29) is 18.7 Å². The molecular formula is C23H27F5N2O. The van der Waals surface area contributed by atoms with Gasteiger partial charge in [-0.15, -0.1) is 0 Å². The minimum atomic E-state index is -4.35. The molecule has 0 saturated heterocycles. The van der Waals surface area contributed by atoms with E-state index in [1.807, 2.05) is 6.07 Å². The number of unbranched alkanes of at least 4 members (excludes halogenated alkanes) is 2. The summed E-state index contributed by atoms with van der Waals surface area (Å²) >= 11 is 0. The predicted molar refractivity (Wildman–Crippen MR) is 112 cm³/mol. The number of carbonyl (C=O) groups is 1. The highest BCUT2D eigenvalue weighted by Crippen LogP contribution is 2.29. The van der Waals surface area contributed by atoms with Gasteiger partial charge in [0.2, 0.25) is 5.91 Å². The molecule has 0 fully saturated rings. The van der Waals surface area contributed by atoms with Gasteiger partial charge in [-0.3, -0.25) is 4.79 Å². The first-order valence-electron chi connectivity index (χ1n) is 10.2. The van der Waals surface area contributed by atoms with E-state index in [9.17, 15) is 26.7 Å². The summed E-state index contributed by atoms with van der Waals surface area (Å²) in [5, 5.41) is 2.74. The second-order valence-electron chi connectivity index (χ2n) is 7.52. The molecule has 0 spiro atoms. The van der Waals surface area contributed by atoms with E-state index >= 15 is 0 Å². The van der Waals surface area contributed by atoms with Crippen LogP contribution in [-0.4, -0.2) is 18.8 Å². The summed E-state index contributed by atoms with van der Waals surface area (Å²) in [6, 6.07) is 10.3. The maximum atomic E-state index is 12.8. The molecule has 170 valence electrons. The molecule has 0 aliphatic heterocycles. The minimum Gasteiger partial charge on any atom is -0.397 e. The zero-order chi connectivity index (χ0) is 22.9. The maximum absolute atomic E-state index is 12.8. The van der Waals surface area contributed by atoms with Crippen LogP contribution in [0.4, 0.5) is 33.3 Å². The van der Waals surface area contributed by atoms with Gasteiger partial charge < -0.3 is 11.1 Å². The molecule has 0 heterocycles. The van der Waals surface area contributed by atoms with E-state index < -0.39 is 24.6 Å². The Balaban J connectivity index is 1.78. The summed E-state index contributed by atoms with van der Waals surface area (Å²) in [5.41, 5.74) is 7.93. The van der Waals surface area contributed by atoms with E-state index in [0.29, 0.717) is 43.5 Å². The van der Waals surface area contributed by atoms with Crippen molar-refractivity contribution in [2.45, 2.75) is 57.3 Å². The second kappa shape index (κ2) is 11.7. The van der Waals surface area contributed by atoms with Gasteiger partial charge in [0, 0.05) is 6.42 Å². The van der Waals surface area contributed by atoms with Crippen LogP contribution in [-0.2, 0) is 23.8 Å². The molecule has 0 saturated carbocycles. The van der Waals surface area contributed by atoms with Gasteiger partial charge in [-0.2, -0.15) is 13.2 Å². The molecule has 0 aromatic heterocycles. The van der Waals surface area contributed by atoms with Crippen LogP contribution in [0.15, 0.2) is 42.5 Å². The van der Waals surface area contributed by atoms with Gasteiger partial charge in [-0.25, -0.2) is 8.78 Å². The van der Waals surface area contributed by atoms with Gasteiger partial charge in [0.1, 0.15) is 12.8 Å². The third kappa shape index (κ3) is 8.55. The molecule has 3 nitrogen and oxygen atoms in total. The van der Waals surface area contributed by atoms with Crippen LogP contribution < -0.4 is 11.1 Å². The molecule has 8 heteroatoms. The zero-order valence-electron chi connectivity index (χ0n) is 17.2. The molecule has 2 aromatic carbocycles. The van der Waals surface area contributed by atoms with E-state index in [2.05, 4.69) is 5.32 Å². The number of hydrogen-bond donors (Lipinski definition) is 2. The van der Waals surface area contributed by atoms with Crippen molar-refractivity contribution < 1.29 is 26.7 Å². The van der Waals surface area contributed by atoms with Crippen LogP contribution in [0.2, 0.25) is 0 Å². The van der Waals surface area contributed by atoms with Crippen molar-refractivity contribution in [3.05, 3.63) is 59.2 Å². The Morgan fingerprint density at radius 1 is 0.968 bits per heavy atom. The normalized spacial score (nSPS) is 12.5. The molecule has 0 aliphatic rings. The van der Waals surface area contributed by atoms with Crippen LogP contribution in [0.5, 0.6) is 0 Å². The molecule has 0 unspecified atom stereocenters. The van der Waals surface area contributed by atoms with E-state index in [1.54, 1.807) is 12.1 Å². The number of aryl methyl sites for hydroxylation is 2. The number of alkyl halides is 5. The molecule has 0 bridgehead atoms. The van der Waals surface area contributed by atoms with E-state index in [4.69, 9.17) is 5.73 Å². The lowest BCUT2D eigenvalue weighted by Gasteiger charge is -2.11. The lowest BCUT2D eigenvalue weighted by molar-refractivity contribution is -0.137. The van der Waals surface area contributed by atoms with Crippen molar-refractivity contribution in [2.24, 2.45) is 0 Å². The second-order valence-corrected chi connectivity index (χ2v) is 7.52. The first-order chi connectivity index (χ1) is 14.7.